The molecule has 8 nitrogen and oxygen atoms in total. The number of non-ortho nitro benzene ring substituents is 1. The van der Waals surface area contributed by atoms with Gasteiger partial charge in [-0.1, -0.05) is 42.5 Å². The van der Waals surface area contributed by atoms with Crippen molar-refractivity contribution in [2.45, 2.75) is 6.61 Å². The van der Waals surface area contributed by atoms with Gasteiger partial charge in [-0.3, -0.25) is 20.2 Å². The van der Waals surface area contributed by atoms with E-state index in [0.29, 0.717) is 39.0 Å². The lowest BCUT2D eigenvalue weighted by atomic mass is 10.1. The number of amides is 1. The van der Waals surface area contributed by atoms with Crippen molar-refractivity contribution >= 4 is 50.1 Å². The highest BCUT2D eigenvalue weighted by atomic mass is 79.9. The van der Waals surface area contributed by atoms with Crippen molar-refractivity contribution in [2.24, 2.45) is 0 Å². The zero-order valence-corrected chi connectivity index (χ0v) is 21.4. The van der Waals surface area contributed by atoms with E-state index in [2.05, 4.69) is 26.2 Å². The number of carbonyl (C=O) groups is 1. The fourth-order valence-electron chi connectivity index (χ4n) is 3.27. The van der Waals surface area contributed by atoms with Crippen LogP contribution in [0.4, 0.5) is 10.8 Å². The second kappa shape index (κ2) is 11.6. The molecule has 0 bridgehead atoms. The van der Waals surface area contributed by atoms with E-state index in [1.165, 1.54) is 29.5 Å². The summed E-state index contributed by atoms with van der Waals surface area (Å²) in [7, 11) is 1.55. The lowest BCUT2D eigenvalue weighted by molar-refractivity contribution is -0.384. The Labute approximate surface area is 219 Å². The molecule has 1 heterocycles. The van der Waals surface area contributed by atoms with Gasteiger partial charge in [0.15, 0.2) is 16.6 Å². The third-order valence-electron chi connectivity index (χ3n) is 4.99. The average molecular weight is 566 g/mol. The van der Waals surface area contributed by atoms with Gasteiger partial charge in [-0.15, -0.1) is 11.3 Å². The summed E-state index contributed by atoms with van der Waals surface area (Å²) in [5, 5.41) is 15.8. The van der Waals surface area contributed by atoms with Gasteiger partial charge in [0.05, 0.1) is 22.2 Å². The zero-order chi connectivity index (χ0) is 25.5. The van der Waals surface area contributed by atoms with Crippen LogP contribution in [0.3, 0.4) is 0 Å². The number of benzene rings is 3. The maximum atomic E-state index is 12.5. The molecular formula is C26H20BrN3O5S. The minimum absolute atomic E-state index is 0.0212. The summed E-state index contributed by atoms with van der Waals surface area (Å²) >= 11 is 4.75. The predicted molar refractivity (Wildman–Crippen MR) is 143 cm³/mol. The Morgan fingerprint density at radius 3 is 2.72 bits per heavy atom. The number of hydrogen-bond donors (Lipinski definition) is 1. The number of thiazole rings is 1. The fraction of sp³-hybridized carbons (Fsp3) is 0.0769. The number of methoxy groups -OCH3 is 1. The second-order valence-corrected chi connectivity index (χ2v) is 9.19. The van der Waals surface area contributed by atoms with Crippen molar-refractivity contribution in [1.82, 2.24) is 4.98 Å². The quantitative estimate of drug-likeness (QED) is 0.137. The highest BCUT2D eigenvalue weighted by molar-refractivity contribution is 9.10. The second-order valence-electron chi connectivity index (χ2n) is 7.48. The van der Waals surface area contributed by atoms with Gasteiger partial charge in [0.2, 0.25) is 5.91 Å². The highest BCUT2D eigenvalue weighted by Gasteiger charge is 2.13. The number of rotatable bonds is 9. The summed E-state index contributed by atoms with van der Waals surface area (Å²) in [6.07, 6.45) is 3.04. The van der Waals surface area contributed by atoms with Crippen LogP contribution in [-0.2, 0) is 11.4 Å². The molecule has 0 unspecified atom stereocenters. The number of nitrogens with zero attached hydrogens (tertiary/aromatic N) is 2. The van der Waals surface area contributed by atoms with Crippen LogP contribution in [0, 0.1) is 10.1 Å². The third kappa shape index (κ3) is 6.35. The molecule has 0 atom stereocenters. The largest absolute Gasteiger partial charge is 0.493 e. The first-order chi connectivity index (χ1) is 17.4. The van der Waals surface area contributed by atoms with Crippen molar-refractivity contribution in [1.29, 1.82) is 0 Å². The summed E-state index contributed by atoms with van der Waals surface area (Å²) in [5.41, 5.74) is 2.89. The number of halogens is 1. The first-order valence-electron chi connectivity index (χ1n) is 10.7. The summed E-state index contributed by atoms with van der Waals surface area (Å²) in [4.78, 5) is 27.4. The third-order valence-corrected chi connectivity index (χ3v) is 6.34. The van der Waals surface area contributed by atoms with Gasteiger partial charge in [-0.05, 0) is 45.3 Å². The van der Waals surface area contributed by atoms with E-state index in [1.54, 1.807) is 36.8 Å². The van der Waals surface area contributed by atoms with E-state index in [9.17, 15) is 14.9 Å². The Bertz CT molecular complexity index is 1420. The maximum Gasteiger partial charge on any atom is 0.270 e. The standard InChI is InChI=1S/C26H20BrN3O5S/c1-34-23-13-18(12-21(27)25(23)35-15-17-6-3-2-4-7-17)10-11-24(31)29-26-28-22(16-36-26)19-8-5-9-20(14-19)30(32)33/h2-14,16H,15H2,1H3,(H,28,29,31). The number of nitro benzene ring substituents is 1. The summed E-state index contributed by atoms with van der Waals surface area (Å²) < 4.78 is 12.1. The van der Waals surface area contributed by atoms with Crippen LogP contribution in [-0.4, -0.2) is 22.9 Å². The molecule has 182 valence electrons. The molecule has 1 N–H and O–H groups in total. The van der Waals surface area contributed by atoms with Crippen LogP contribution in [0.15, 0.2) is 82.7 Å². The Morgan fingerprint density at radius 1 is 1.17 bits per heavy atom. The van der Waals surface area contributed by atoms with Crippen molar-refractivity contribution in [3.8, 4) is 22.8 Å². The predicted octanol–water partition coefficient (Wildman–Crippen LogP) is 6.72. The fourth-order valence-corrected chi connectivity index (χ4v) is 4.56. The smallest absolute Gasteiger partial charge is 0.270 e. The van der Waals surface area contributed by atoms with Gasteiger partial charge in [-0.25, -0.2) is 4.98 Å². The minimum Gasteiger partial charge on any atom is -0.493 e. The normalized spacial score (nSPS) is 10.8. The van der Waals surface area contributed by atoms with Gasteiger partial charge in [0.1, 0.15) is 6.61 Å². The first-order valence-corrected chi connectivity index (χ1v) is 12.3. The molecule has 0 aliphatic heterocycles. The molecule has 3 aromatic carbocycles. The SMILES string of the molecule is COc1cc(C=CC(=O)Nc2nc(-c3cccc([N+](=O)[O-])c3)cs2)cc(Br)c1OCc1ccccc1. The summed E-state index contributed by atoms with van der Waals surface area (Å²) in [5.74, 6) is 0.732. The number of hydrogen-bond acceptors (Lipinski definition) is 7. The number of nitro groups is 1. The van der Waals surface area contributed by atoms with Crippen LogP contribution < -0.4 is 14.8 Å². The molecule has 0 aliphatic carbocycles. The molecule has 10 heteroatoms. The van der Waals surface area contributed by atoms with Gasteiger partial charge in [-0.2, -0.15) is 0 Å². The van der Waals surface area contributed by atoms with Crippen LogP contribution in [0.1, 0.15) is 11.1 Å². The van der Waals surface area contributed by atoms with Gasteiger partial charge in [0, 0.05) is 29.2 Å². The molecule has 0 aliphatic rings. The molecule has 4 rings (SSSR count). The number of anilines is 1. The van der Waals surface area contributed by atoms with Crippen molar-refractivity contribution in [3.63, 3.8) is 0 Å². The summed E-state index contributed by atoms with van der Waals surface area (Å²) in [6, 6.07) is 19.6. The van der Waals surface area contributed by atoms with Gasteiger partial charge in [0.25, 0.3) is 5.69 Å². The van der Waals surface area contributed by atoms with Gasteiger partial charge < -0.3 is 9.47 Å². The van der Waals surface area contributed by atoms with E-state index in [0.717, 1.165) is 11.1 Å². The van der Waals surface area contributed by atoms with Crippen molar-refractivity contribution in [3.05, 3.63) is 104 Å². The molecule has 1 aromatic heterocycles. The molecule has 0 fully saturated rings. The van der Waals surface area contributed by atoms with E-state index >= 15 is 0 Å². The Hall–Kier alpha value is -4.02. The molecular weight excluding hydrogens is 546 g/mol. The highest BCUT2D eigenvalue weighted by Crippen LogP contribution is 2.37. The van der Waals surface area contributed by atoms with E-state index < -0.39 is 4.92 Å². The lowest BCUT2D eigenvalue weighted by Crippen LogP contribution is -2.07. The van der Waals surface area contributed by atoms with Crippen molar-refractivity contribution in [2.75, 3.05) is 12.4 Å². The Morgan fingerprint density at radius 2 is 1.97 bits per heavy atom. The molecule has 0 spiro atoms. The number of nitrogens with one attached hydrogen (secondary N) is 1. The average Bonchev–Trinajstić information content (AvgIpc) is 3.35. The topological polar surface area (TPSA) is 104 Å². The van der Waals surface area contributed by atoms with Crippen LogP contribution in [0.5, 0.6) is 11.5 Å². The molecule has 0 saturated heterocycles. The molecule has 4 aromatic rings. The number of ether oxygens (including phenoxy) is 2. The minimum atomic E-state index is -0.460. The number of aromatic nitrogens is 1. The molecule has 1 amide bonds. The van der Waals surface area contributed by atoms with Crippen molar-refractivity contribution < 1.29 is 19.2 Å². The summed E-state index contributed by atoms with van der Waals surface area (Å²) in [6.45, 7) is 0.388. The van der Waals surface area contributed by atoms with E-state index in [-0.39, 0.29) is 11.6 Å². The first kappa shape index (κ1) is 25.1. The Kier molecular flexibility index (Phi) is 8.09. The maximum absolute atomic E-state index is 12.5. The van der Waals surface area contributed by atoms with Crippen LogP contribution >= 0.6 is 27.3 Å². The van der Waals surface area contributed by atoms with E-state index in [4.69, 9.17) is 9.47 Å². The molecule has 36 heavy (non-hydrogen) atoms. The van der Waals surface area contributed by atoms with E-state index in [1.807, 2.05) is 36.4 Å². The number of carbonyl (C=O) groups excluding carboxylic acids is 1. The Balaban J connectivity index is 1.42. The molecule has 0 radical (unpaired) electrons. The van der Waals surface area contributed by atoms with Crippen LogP contribution in [0.25, 0.3) is 17.3 Å². The van der Waals surface area contributed by atoms with Gasteiger partial charge >= 0.3 is 0 Å². The monoisotopic (exact) mass is 565 g/mol. The zero-order valence-electron chi connectivity index (χ0n) is 19.0. The molecule has 0 saturated carbocycles. The van der Waals surface area contributed by atoms with Crippen LogP contribution in [0.2, 0.25) is 0 Å². The lowest BCUT2D eigenvalue weighted by Gasteiger charge is -2.13.